The summed E-state index contributed by atoms with van der Waals surface area (Å²) in [4.78, 5) is 11.9. The van der Waals surface area contributed by atoms with Gasteiger partial charge >= 0.3 is 0 Å². The Balaban J connectivity index is 1.83. The van der Waals surface area contributed by atoms with Crippen molar-refractivity contribution in [2.45, 2.75) is 25.0 Å². The standard InChI is InChI=1S/C14H20N2OS/c1-2-15-12-7-5-11(6-8-12)14(17)16-10-13-4-3-9-18-13/h5-8,13,15H,2-4,9-10H2,1H3,(H,16,17). The summed E-state index contributed by atoms with van der Waals surface area (Å²) in [6.07, 6.45) is 2.51. The van der Waals surface area contributed by atoms with Gasteiger partial charge in [-0.2, -0.15) is 11.8 Å². The first-order chi connectivity index (χ1) is 8.79. The number of hydrogen-bond donors (Lipinski definition) is 2. The van der Waals surface area contributed by atoms with Crippen LogP contribution in [0.15, 0.2) is 24.3 Å². The fourth-order valence-electron chi connectivity index (χ4n) is 2.06. The smallest absolute Gasteiger partial charge is 0.251 e. The van der Waals surface area contributed by atoms with Crippen LogP contribution in [0.25, 0.3) is 0 Å². The van der Waals surface area contributed by atoms with Crippen LogP contribution in [0.2, 0.25) is 0 Å². The van der Waals surface area contributed by atoms with Crippen molar-refractivity contribution in [2.24, 2.45) is 0 Å². The summed E-state index contributed by atoms with van der Waals surface area (Å²) in [5, 5.41) is 6.83. The van der Waals surface area contributed by atoms with Crippen molar-refractivity contribution in [1.29, 1.82) is 0 Å². The predicted octanol–water partition coefficient (Wildman–Crippen LogP) is 2.74. The van der Waals surface area contributed by atoms with E-state index in [1.807, 2.05) is 36.0 Å². The lowest BCUT2D eigenvalue weighted by atomic mass is 10.2. The van der Waals surface area contributed by atoms with Crippen molar-refractivity contribution in [3.05, 3.63) is 29.8 Å². The van der Waals surface area contributed by atoms with E-state index >= 15 is 0 Å². The molecule has 3 nitrogen and oxygen atoms in total. The molecule has 1 aromatic carbocycles. The first-order valence-electron chi connectivity index (χ1n) is 6.53. The van der Waals surface area contributed by atoms with Gasteiger partial charge in [-0.25, -0.2) is 0 Å². The second-order valence-corrected chi connectivity index (χ2v) is 5.86. The molecule has 98 valence electrons. The Labute approximate surface area is 113 Å². The lowest BCUT2D eigenvalue weighted by Gasteiger charge is -2.10. The van der Waals surface area contributed by atoms with Crippen LogP contribution >= 0.6 is 11.8 Å². The van der Waals surface area contributed by atoms with Gasteiger partial charge < -0.3 is 10.6 Å². The van der Waals surface area contributed by atoms with E-state index in [-0.39, 0.29) is 5.91 Å². The number of benzene rings is 1. The molecule has 1 aliphatic rings. The van der Waals surface area contributed by atoms with Gasteiger partial charge in [0.25, 0.3) is 5.91 Å². The number of hydrogen-bond acceptors (Lipinski definition) is 3. The largest absolute Gasteiger partial charge is 0.385 e. The number of thioether (sulfide) groups is 1. The number of carbonyl (C=O) groups is 1. The van der Waals surface area contributed by atoms with Gasteiger partial charge in [-0.05, 0) is 49.8 Å². The Kier molecular flexibility index (Phi) is 4.93. The topological polar surface area (TPSA) is 41.1 Å². The molecule has 1 amide bonds. The fraction of sp³-hybridized carbons (Fsp3) is 0.500. The Morgan fingerprint density at radius 1 is 1.39 bits per heavy atom. The van der Waals surface area contributed by atoms with E-state index < -0.39 is 0 Å². The predicted molar refractivity (Wildman–Crippen MR) is 78.4 cm³/mol. The van der Waals surface area contributed by atoms with Crippen molar-refractivity contribution in [1.82, 2.24) is 5.32 Å². The molecule has 18 heavy (non-hydrogen) atoms. The van der Waals surface area contributed by atoms with E-state index in [1.165, 1.54) is 18.6 Å². The van der Waals surface area contributed by atoms with E-state index in [1.54, 1.807) is 0 Å². The summed E-state index contributed by atoms with van der Waals surface area (Å²) in [5.74, 6) is 1.27. The zero-order valence-corrected chi connectivity index (χ0v) is 11.6. The van der Waals surface area contributed by atoms with Crippen LogP contribution in [0.4, 0.5) is 5.69 Å². The van der Waals surface area contributed by atoms with Gasteiger partial charge in [0, 0.05) is 29.6 Å². The Morgan fingerprint density at radius 2 is 2.17 bits per heavy atom. The van der Waals surface area contributed by atoms with E-state index in [9.17, 15) is 4.79 Å². The molecular weight excluding hydrogens is 244 g/mol. The Bertz CT molecular complexity index is 385. The van der Waals surface area contributed by atoms with Crippen LogP contribution < -0.4 is 10.6 Å². The molecule has 1 atom stereocenters. The zero-order chi connectivity index (χ0) is 12.8. The maximum atomic E-state index is 11.9. The minimum atomic E-state index is 0.0329. The molecule has 2 N–H and O–H groups in total. The zero-order valence-electron chi connectivity index (χ0n) is 10.7. The molecule has 0 radical (unpaired) electrons. The van der Waals surface area contributed by atoms with Gasteiger partial charge in [0.1, 0.15) is 0 Å². The SMILES string of the molecule is CCNc1ccc(C(=O)NCC2CCCS2)cc1. The highest BCUT2D eigenvalue weighted by atomic mass is 32.2. The number of anilines is 1. The molecular formula is C14H20N2OS. The molecule has 1 unspecified atom stereocenters. The summed E-state index contributed by atoms with van der Waals surface area (Å²) < 4.78 is 0. The third-order valence-corrected chi connectivity index (χ3v) is 4.44. The second kappa shape index (κ2) is 6.69. The van der Waals surface area contributed by atoms with Gasteiger partial charge in [0.15, 0.2) is 0 Å². The third kappa shape index (κ3) is 3.67. The lowest BCUT2D eigenvalue weighted by molar-refractivity contribution is 0.0953. The highest BCUT2D eigenvalue weighted by Crippen LogP contribution is 2.25. The van der Waals surface area contributed by atoms with Crippen LogP contribution in [-0.2, 0) is 0 Å². The molecule has 0 saturated carbocycles. The number of carbonyl (C=O) groups excluding carboxylic acids is 1. The van der Waals surface area contributed by atoms with Crippen LogP contribution in [0, 0.1) is 0 Å². The summed E-state index contributed by atoms with van der Waals surface area (Å²) in [7, 11) is 0. The monoisotopic (exact) mass is 264 g/mol. The molecule has 0 spiro atoms. The van der Waals surface area contributed by atoms with Crippen LogP contribution in [0.5, 0.6) is 0 Å². The van der Waals surface area contributed by atoms with E-state index in [2.05, 4.69) is 17.6 Å². The summed E-state index contributed by atoms with van der Waals surface area (Å²) in [6, 6.07) is 7.63. The van der Waals surface area contributed by atoms with Crippen LogP contribution in [-0.4, -0.2) is 30.0 Å². The van der Waals surface area contributed by atoms with E-state index in [0.717, 1.165) is 24.3 Å². The van der Waals surface area contributed by atoms with Gasteiger partial charge in [-0.15, -0.1) is 0 Å². The van der Waals surface area contributed by atoms with Crippen molar-refractivity contribution in [2.75, 3.05) is 24.2 Å². The maximum Gasteiger partial charge on any atom is 0.251 e. The Morgan fingerprint density at radius 3 is 2.78 bits per heavy atom. The summed E-state index contributed by atoms with van der Waals surface area (Å²) in [6.45, 7) is 3.74. The van der Waals surface area contributed by atoms with Gasteiger partial charge in [0.05, 0.1) is 0 Å². The first kappa shape index (κ1) is 13.3. The summed E-state index contributed by atoms with van der Waals surface area (Å²) >= 11 is 1.96. The van der Waals surface area contributed by atoms with Crippen molar-refractivity contribution in [3.63, 3.8) is 0 Å². The second-order valence-electron chi connectivity index (χ2n) is 4.45. The van der Waals surface area contributed by atoms with E-state index in [0.29, 0.717) is 5.25 Å². The van der Waals surface area contributed by atoms with Gasteiger partial charge in [-0.3, -0.25) is 4.79 Å². The summed E-state index contributed by atoms with van der Waals surface area (Å²) in [5.41, 5.74) is 1.79. The first-order valence-corrected chi connectivity index (χ1v) is 7.58. The molecule has 2 rings (SSSR count). The Hall–Kier alpha value is -1.16. The van der Waals surface area contributed by atoms with Crippen molar-refractivity contribution >= 4 is 23.4 Å². The number of nitrogens with one attached hydrogen (secondary N) is 2. The normalized spacial score (nSPS) is 18.6. The average molecular weight is 264 g/mol. The van der Waals surface area contributed by atoms with Gasteiger partial charge in [-0.1, -0.05) is 0 Å². The molecule has 1 saturated heterocycles. The molecule has 1 aliphatic heterocycles. The lowest BCUT2D eigenvalue weighted by Crippen LogP contribution is -2.29. The molecule has 1 heterocycles. The molecule has 1 fully saturated rings. The van der Waals surface area contributed by atoms with Crippen molar-refractivity contribution < 1.29 is 4.79 Å². The third-order valence-electron chi connectivity index (χ3n) is 3.04. The van der Waals surface area contributed by atoms with Crippen LogP contribution in [0.1, 0.15) is 30.1 Å². The van der Waals surface area contributed by atoms with Crippen LogP contribution in [0.3, 0.4) is 0 Å². The number of rotatable bonds is 5. The fourth-order valence-corrected chi connectivity index (χ4v) is 3.26. The maximum absolute atomic E-state index is 11.9. The highest BCUT2D eigenvalue weighted by Gasteiger charge is 2.16. The highest BCUT2D eigenvalue weighted by molar-refractivity contribution is 8.00. The molecule has 0 bridgehead atoms. The molecule has 1 aromatic rings. The van der Waals surface area contributed by atoms with Gasteiger partial charge in [0.2, 0.25) is 0 Å². The van der Waals surface area contributed by atoms with E-state index in [4.69, 9.17) is 0 Å². The quantitative estimate of drug-likeness (QED) is 0.859. The van der Waals surface area contributed by atoms with Crippen molar-refractivity contribution in [3.8, 4) is 0 Å². The minimum Gasteiger partial charge on any atom is -0.385 e. The molecule has 0 aromatic heterocycles. The number of amides is 1. The minimum absolute atomic E-state index is 0.0329. The average Bonchev–Trinajstić information content (AvgIpc) is 2.90. The molecule has 0 aliphatic carbocycles. The molecule has 4 heteroatoms.